The number of carbonyl (C=O) groups excluding carboxylic acids is 1. The average Bonchev–Trinajstić information content (AvgIpc) is 2.37. The van der Waals surface area contributed by atoms with Crippen LogP contribution in [0.25, 0.3) is 18.2 Å². The van der Waals surface area contributed by atoms with Crippen LogP contribution in [0.4, 0.5) is 0 Å². The van der Waals surface area contributed by atoms with Crippen molar-refractivity contribution in [3.8, 4) is 0 Å². The largest absolute Gasteiger partial charge is 0.433 e. The highest BCUT2D eigenvalue weighted by atomic mass is 16.6. The third kappa shape index (κ3) is 3.93. The first kappa shape index (κ1) is 14.9. The first-order valence-electron chi connectivity index (χ1n) is 5.94. The van der Waals surface area contributed by atoms with Gasteiger partial charge in [0.05, 0.1) is 0 Å². The summed E-state index contributed by atoms with van der Waals surface area (Å²) in [5.74, 6) is -0.547. The molecule has 0 radical (unpaired) electrons. The van der Waals surface area contributed by atoms with Crippen molar-refractivity contribution in [3.05, 3.63) is 53.6 Å². The molecule has 100 valence electrons. The maximum absolute atomic E-state index is 11.6. The molecule has 1 N–H and O–H groups in total. The maximum Gasteiger partial charge on any atom is 0.336 e. The van der Waals surface area contributed by atoms with Crippen LogP contribution in [0.3, 0.4) is 0 Å². The minimum atomic E-state index is -1.12. The van der Waals surface area contributed by atoms with Crippen LogP contribution >= 0.6 is 0 Å². The van der Waals surface area contributed by atoms with E-state index in [2.05, 4.69) is 13.2 Å². The molecule has 0 aliphatic rings. The standard InChI is InChI=1S/C16H18O3/c1-5-13-8-7-9-14(15(13)6-2)10-11(3)16(18)19-12(4)17/h5-10,12,17H,1-2H2,3-4H3/b11-10+. The van der Waals surface area contributed by atoms with Gasteiger partial charge in [-0.3, -0.25) is 0 Å². The van der Waals surface area contributed by atoms with Crippen molar-refractivity contribution in [2.75, 3.05) is 0 Å². The van der Waals surface area contributed by atoms with Crippen LogP contribution in [0.5, 0.6) is 0 Å². The molecule has 1 aromatic rings. The Morgan fingerprint density at radius 2 is 1.95 bits per heavy atom. The molecular weight excluding hydrogens is 240 g/mol. The maximum atomic E-state index is 11.6. The summed E-state index contributed by atoms with van der Waals surface area (Å²) in [6, 6.07) is 5.68. The topological polar surface area (TPSA) is 46.5 Å². The Kier molecular flexibility index (Phi) is 5.27. The van der Waals surface area contributed by atoms with E-state index in [9.17, 15) is 4.79 Å². The van der Waals surface area contributed by atoms with Crippen LogP contribution in [0, 0.1) is 0 Å². The molecular formula is C16H18O3. The highest BCUT2D eigenvalue weighted by Crippen LogP contribution is 2.20. The molecule has 0 spiro atoms. The van der Waals surface area contributed by atoms with Crippen molar-refractivity contribution in [3.63, 3.8) is 0 Å². The third-order valence-corrected chi connectivity index (χ3v) is 2.57. The smallest absolute Gasteiger partial charge is 0.336 e. The summed E-state index contributed by atoms with van der Waals surface area (Å²) in [5, 5.41) is 9.02. The molecule has 0 heterocycles. The highest BCUT2D eigenvalue weighted by Gasteiger charge is 2.10. The summed E-state index contributed by atoms with van der Waals surface area (Å²) in [7, 11) is 0. The fourth-order valence-corrected chi connectivity index (χ4v) is 1.68. The number of hydrogen-bond acceptors (Lipinski definition) is 3. The summed E-state index contributed by atoms with van der Waals surface area (Å²) in [5.41, 5.74) is 3.11. The average molecular weight is 258 g/mol. The van der Waals surface area contributed by atoms with E-state index >= 15 is 0 Å². The van der Waals surface area contributed by atoms with Gasteiger partial charge in [-0.25, -0.2) is 4.79 Å². The van der Waals surface area contributed by atoms with Crippen LogP contribution in [0.2, 0.25) is 0 Å². The Balaban J connectivity index is 3.14. The zero-order valence-corrected chi connectivity index (χ0v) is 11.2. The van der Waals surface area contributed by atoms with Gasteiger partial charge in [0, 0.05) is 5.57 Å². The fourth-order valence-electron chi connectivity index (χ4n) is 1.68. The minimum absolute atomic E-state index is 0.408. The highest BCUT2D eigenvalue weighted by molar-refractivity contribution is 5.94. The zero-order valence-electron chi connectivity index (χ0n) is 11.2. The Bertz CT molecular complexity index is 525. The molecule has 0 fully saturated rings. The number of esters is 1. The van der Waals surface area contributed by atoms with E-state index in [1.165, 1.54) is 6.92 Å². The molecule has 0 saturated carbocycles. The fraction of sp³-hybridized carbons (Fsp3) is 0.188. The van der Waals surface area contributed by atoms with Crippen molar-refractivity contribution in [1.82, 2.24) is 0 Å². The zero-order chi connectivity index (χ0) is 14.4. The van der Waals surface area contributed by atoms with Crippen LogP contribution < -0.4 is 0 Å². The summed E-state index contributed by atoms with van der Waals surface area (Å²) >= 11 is 0. The van der Waals surface area contributed by atoms with E-state index in [4.69, 9.17) is 9.84 Å². The van der Waals surface area contributed by atoms with Gasteiger partial charge in [0.2, 0.25) is 0 Å². The lowest BCUT2D eigenvalue weighted by Gasteiger charge is -2.09. The Labute approximate surface area is 113 Å². The van der Waals surface area contributed by atoms with Crippen molar-refractivity contribution in [2.24, 2.45) is 0 Å². The van der Waals surface area contributed by atoms with Gasteiger partial charge in [-0.2, -0.15) is 0 Å². The lowest BCUT2D eigenvalue weighted by atomic mass is 9.99. The number of carbonyl (C=O) groups is 1. The van der Waals surface area contributed by atoms with Crippen LogP contribution in [0.15, 0.2) is 36.9 Å². The molecule has 0 amide bonds. The quantitative estimate of drug-likeness (QED) is 0.501. The molecule has 1 unspecified atom stereocenters. The Morgan fingerprint density at radius 1 is 1.32 bits per heavy atom. The van der Waals surface area contributed by atoms with Gasteiger partial charge in [0.25, 0.3) is 0 Å². The van der Waals surface area contributed by atoms with Crippen LogP contribution in [-0.2, 0) is 9.53 Å². The number of aliphatic hydroxyl groups excluding tert-OH is 1. The number of hydrogen-bond donors (Lipinski definition) is 1. The van der Waals surface area contributed by atoms with Gasteiger partial charge < -0.3 is 9.84 Å². The molecule has 0 saturated heterocycles. The van der Waals surface area contributed by atoms with Gasteiger partial charge in [-0.15, -0.1) is 0 Å². The Hall–Kier alpha value is -2.13. The second-order valence-corrected chi connectivity index (χ2v) is 4.09. The van der Waals surface area contributed by atoms with Crippen molar-refractivity contribution in [2.45, 2.75) is 20.1 Å². The van der Waals surface area contributed by atoms with E-state index in [0.717, 1.165) is 16.7 Å². The molecule has 1 rings (SSSR count). The minimum Gasteiger partial charge on any atom is -0.433 e. The monoisotopic (exact) mass is 258 g/mol. The number of benzene rings is 1. The summed E-state index contributed by atoms with van der Waals surface area (Å²) in [6.07, 6.45) is 4.04. The number of rotatable bonds is 5. The van der Waals surface area contributed by atoms with E-state index in [-0.39, 0.29) is 0 Å². The first-order chi connectivity index (χ1) is 8.99. The van der Waals surface area contributed by atoms with E-state index in [1.807, 2.05) is 18.2 Å². The molecule has 1 atom stereocenters. The molecule has 19 heavy (non-hydrogen) atoms. The van der Waals surface area contributed by atoms with Gasteiger partial charge >= 0.3 is 5.97 Å². The predicted molar refractivity (Wildman–Crippen MR) is 78.0 cm³/mol. The summed E-state index contributed by atoms with van der Waals surface area (Å²) in [6.45, 7) is 10.5. The van der Waals surface area contributed by atoms with Crippen LogP contribution in [0.1, 0.15) is 30.5 Å². The molecule has 0 aromatic heterocycles. The van der Waals surface area contributed by atoms with E-state index in [1.54, 1.807) is 25.2 Å². The van der Waals surface area contributed by atoms with Crippen molar-refractivity contribution < 1.29 is 14.6 Å². The van der Waals surface area contributed by atoms with Gasteiger partial charge in [-0.05, 0) is 36.6 Å². The normalized spacial score (nSPS) is 12.7. The first-order valence-corrected chi connectivity index (χ1v) is 5.94. The van der Waals surface area contributed by atoms with Gasteiger partial charge in [0.1, 0.15) is 0 Å². The van der Waals surface area contributed by atoms with E-state index < -0.39 is 12.3 Å². The second-order valence-electron chi connectivity index (χ2n) is 4.09. The SMILES string of the molecule is C=Cc1cccc(/C=C(\C)C(=O)OC(C)O)c1C=C. The molecule has 3 nitrogen and oxygen atoms in total. The van der Waals surface area contributed by atoms with Gasteiger partial charge in [-0.1, -0.05) is 43.5 Å². The molecule has 0 aliphatic heterocycles. The molecule has 0 bridgehead atoms. The van der Waals surface area contributed by atoms with Crippen molar-refractivity contribution in [1.29, 1.82) is 0 Å². The summed E-state index contributed by atoms with van der Waals surface area (Å²) in [4.78, 5) is 11.6. The lowest BCUT2D eigenvalue weighted by Crippen LogP contribution is -2.14. The molecule has 3 heteroatoms. The van der Waals surface area contributed by atoms with Gasteiger partial charge in [0.15, 0.2) is 6.29 Å². The summed E-state index contributed by atoms with van der Waals surface area (Å²) < 4.78 is 4.72. The Morgan fingerprint density at radius 3 is 2.47 bits per heavy atom. The van der Waals surface area contributed by atoms with Crippen molar-refractivity contribution >= 4 is 24.2 Å². The lowest BCUT2D eigenvalue weighted by molar-refractivity contribution is -0.159. The van der Waals surface area contributed by atoms with E-state index in [0.29, 0.717) is 5.57 Å². The third-order valence-electron chi connectivity index (χ3n) is 2.57. The second kappa shape index (κ2) is 6.71. The number of aliphatic hydroxyl groups is 1. The molecule has 1 aromatic carbocycles. The van der Waals surface area contributed by atoms with Crippen LogP contribution in [-0.4, -0.2) is 17.4 Å². The predicted octanol–water partition coefficient (Wildman–Crippen LogP) is 3.26. The molecule has 0 aliphatic carbocycles. The number of ether oxygens (including phenoxy) is 1.